The van der Waals surface area contributed by atoms with Gasteiger partial charge in [-0.05, 0) is 37.4 Å². The third kappa shape index (κ3) is 6.99. The van der Waals surface area contributed by atoms with Crippen LogP contribution in [0.5, 0.6) is 11.5 Å². The highest BCUT2D eigenvalue weighted by molar-refractivity contribution is 5.75. The minimum atomic E-state index is 0.0238. The van der Waals surface area contributed by atoms with E-state index in [1.807, 2.05) is 24.3 Å². The van der Waals surface area contributed by atoms with Crippen molar-refractivity contribution >= 4 is 5.91 Å². The van der Waals surface area contributed by atoms with E-state index in [0.29, 0.717) is 19.6 Å². The van der Waals surface area contributed by atoms with Crippen LogP contribution in [-0.2, 0) is 4.79 Å². The summed E-state index contributed by atoms with van der Waals surface area (Å²) in [5.74, 6) is 1.55. The number of carbonyl (C=O) groups excluding carboxylic acids is 1. The lowest BCUT2D eigenvalue weighted by Gasteiger charge is -2.17. The molecule has 5 nitrogen and oxygen atoms in total. The fraction of sp³-hybridized carbons (Fsp3) is 0.562. The van der Waals surface area contributed by atoms with E-state index in [1.54, 1.807) is 7.11 Å². The van der Waals surface area contributed by atoms with Crippen LogP contribution in [0.3, 0.4) is 0 Å². The first-order valence-corrected chi connectivity index (χ1v) is 7.45. The van der Waals surface area contributed by atoms with Crippen LogP contribution < -0.4 is 14.8 Å². The smallest absolute Gasteiger partial charge is 0.223 e. The van der Waals surface area contributed by atoms with Gasteiger partial charge in [0.2, 0.25) is 5.91 Å². The first-order valence-electron chi connectivity index (χ1n) is 7.45. The molecule has 0 radical (unpaired) electrons. The van der Waals surface area contributed by atoms with Gasteiger partial charge in [-0.3, -0.25) is 4.79 Å². The van der Waals surface area contributed by atoms with Gasteiger partial charge in [-0.1, -0.05) is 13.8 Å². The zero-order valence-corrected chi connectivity index (χ0v) is 13.2. The van der Waals surface area contributed by atoms with E-state index in [2.05, 4.69) is 24.1 Å². The van der Waals surface area contributed by atoms with Crippen LogP contribution in [0, 0.1) is 0 Å². The van der Waals surface area contributed by atoms with Crippen LogP contribution in [-0.4, -0.2) is 50.7 Å². The fourth-order valence-electron chi connectivity index (χ4n) is 1.92. The highest BCUT2D eigenvalue weighted by atomic mass is 16.5. The maximum Gasteiger partial charge on any atom is 0.223 e. The molecule has 0 fully saturated rings. The standard InChI is InChI=1S/C16H26N2O3/c1-4-18(5-2)12-11-17-16(19)10-13-21-15-8-6-14(20-3)7-9-15/h6-9H,4-5,10-13H2,1-3H3,(H,17,19). The van der Waals surface area contributed by atoms with Crippen molar-refractivity contribution in [1.29, 1.82) is 0 Å². The van der Waals surface area contributed by atoms with Crippen molar-refractivity contribution in [3.63, 3.8) is 0 Å². The number of ether oxygens (including phenoxy) is 2. The predicted octanol–water partition coefficient (Wildman–Crippen LogP) is 1.92. The molecule has 21 heavy (non-hydrogen) atoms. The molecule has 1 amide bonds. The molecule has 0 aliphatic heterocycles. The average Bonchev–Trinajstić information content (AvgIpc) is 2.52. The summed E-state index contributed by atoms with van der Waals surface area (Å²) < 4.78 is 10.6. The molecule has 1 N–H and O–H groups in total. The lowest BCUT2D eigenvalue weighted by Crippen LogP contribution is -2.35. The van der Waals surface area contributed by atoms with Crippen molar-refractivity contribution in [1.82, 2.24) is 10.2 Å². The number of carbonyl (C=O) groups is 1. The molecule has 1 aromatic rings. The topological polar surface area (TPSA) is 50.8 Å². The summed E-state index contributed by atoms with van der Waals surface area (Å²) >= 11 is 0. The fourth-order valence-corrected chi connectivity index (χ4v) is 1.92. The highest BCUT2D eigenvalue weighted by Gasteiger charge is 2.03. The Labute approximate surface area is 127 Å². The number of rotatable bonds is 10. The first-order chi connectivity index (χ1) is 10.2. The molecule has 118 valence electrons. The van der Waals surface area contributed by atoms with E-state index in [4.69, 9.17) is 9.47 Å². The third-order valence-corrected chi connectivity index (χ3v) is 3.30. The van der Waals surface area contributed by atoms with Gasteiger partial charge in [0.25, 0.3) is 0 Å². The summed E-state index contributed by atoms with van der Waals surface area (Å²) in [5.41, 5.74) is 0. The van der Waals surface area contributed by atoms with E-state index < -0.39 is 0 Å². The number of nitrogens with one attached hydrogen (secondary N) is 1. The van der Waals surface area contributed by atoms with Gasteiger partial charge < -0.3 is 19.7 Å². The molecule has 0 unspecified atom stereocenters. The Bertz CT molecular complexity index is 402. The van der Waals surface area contributed by atoms with E-state index in [-0.39, 0.29) is 5.91 Å². The van der Waals surface area contributed by atoms with Gasteiger partial charge in [-0.15, -0.1) is 0 Å². The molecule has 0 aliphatic rings. The maximum absolute atomic E-state index is 11.7. The molecule has 0 aliphatic carbocycles. The number of amides is 1. The monoisotopic (exact) mass is 294 g/mol. The average molecular weight is 294 g/mol. The first kappa shape index (κ1) is 17.3. The van der Waals surface area contributed by atoms with Crippen LogP contribution in [0.15, 0.2) is 24.3 Å². The molecule has 0 spiro atoms. The number of nitrogens with zero attached hydrogens (tertiary/aromatic N) is 1. The Hall–Kier alpha value is -1.75. The molecular formula is C16H26N2O3. The van der Waals surface area contributed by atoms with E-state index >= 15 is 0 Å². The SMILES string of the molecule is CCN(CC)CCNC(=O)CCOc1ccc(OC)cc1. The molecule has 0 aromatic heterocycles. The molecule has 0 atom stereocenters. The van der Waals surface area contributed by atoms with Crippen molar-refractivity contribution in [2.45, 2.75) is 20.3 Å². The summed E-state index contributed by atoms with van der Waals surface area (Å²) in [6.45, 7) is 8.20. The number of hydrogen-bond acceptors (Lipinski definition) is 4. The van der Waals surface area contributed by atoms with Crippen molar-refractivity contribution < 1.29 is 14.3 Å². The number of hydrogen-bond donors (Lipinski definition) is 1. The van der Waals surface area contributed by atoms with E-state index in [0.717, 1.165) is 31.1 Å². The Balaban J connectivity index is 2.15. The van der Waals surface area contributed by atoms with Gasteiger partial charge in [0, 0.05) is 13.1 Å². The lowest BCUT2D eigenvalue weighted by atomic mass is 10.3. The molecule has 1 aromatic carbocycles. The quantitative estimate of drug-likeness (QED) is 0.716. The highest BCUT2D eigenvalue weighted by Crippen LogP contribution is 2.16. The normalized spacial score (nSPS) is 10.5. The zero-order valence-electron chi connectivity index (χ0n) is 13.2. The Morgan fingerprint density at radius 2 is 1.76 bits per heavy atom. The Kier molecular flexibility index (Phi) is 8.28. The van der Waals surface area contributed by atoms with E-state index in [1.165, 1.54) is 0 Å². The van der Waals surface area contributed by atoms with Gasteiger partial charge in [0.15, 0.2) is 0 Å². The molecule has 0 heterocycles. The molecular weight excluding hydrogens is 268 g/mol. The van der Waals surface area contributed by atoms with Gasteiger partial charge in [0.1, 0.15) is 11.5 Å². The predicted molar refractivity (Wildman–Crippen MR) is 83.9 cm³/mol. The largest absolute Gasteiger partial charge is 0.497 e. The minimum absolute atomic E-state index is 0.0238. The lowest BCUT2D eigenvalue weighted by molar-refractivity contribution is -0.121. The maximum atomic E-state index is 11.7. The molecule has 0 bridgehead atoms. The van der Waals surface area contributed by atoms with Crippen LogP contribution in [0.2, 0.25) is 0 Å². The van der Waals surface area contributed by atoms with Crippen LogP contribution in [0.4, 0.5) is 0 Å². The van der Waals surface area contributed by atoms with Crippen LogP contribution in [0.1, 0.15) is 20.3 Å². The zero-order chi connectivity index (χ0) is 15.5. The second-order valence-corrected chi connectivity index (χ2v) is 4.65. The van der Waals surface area contributed by atoms with Gasteiger partial charge in [0.05, 0.1) is 20.1 Å². The van der Waals surface area contributed by atoms with E-state index in [9.17, 15) is 4.79 Å². The summed E-state index contributed by atoms with van der Waals surface area (Å²) in [7, 11) is 1.62. The second-order valence-electron chi connectivity index (χ2n) is 4.65. The number of likely N-dealkylation sites (N-methyl/N-ethyl adjacent to an activating group) is 1. The van der Waals surface area contributed by atoms with Crippen LogP contribution >= 0.6 is 0 Å². The summed E-state index contributed by atoms with van der Waals surface area (Å²) in [4.78, 5) is 13.9. The van der Waals surface area contributed by atoms with Gasteiger partial charge >= 0.3 is 0 Å². The third-order valence-electron chi connectivity index (χ3n) is 3.30. The molecule has 5 heteroatoms. The summed E-state index contributed by atoms with van der Waals surface area (Å²) in [6.07, 6.45) is 0.365. The van der Waals surface area contributed by atoms with Crippen molar-refractivity contribution in [3.05, 3.63) is 24.3 Å². The van der Waals surface area contributed by atoms with Gasteiger partial charge in [-0.25, -0.2) is 0 Å². The Morgan fingerprint density at radius 3 is 2.33 bits per heavy atom. The Morgan fingerprint density at radius 1 is 1.14 bits per heavy atom. The second kappa shape index (κ2) is 10.0. The molecule has 1 rings (SSSR count). The number of benzene rings is 1. The number of methoxy groups -OCH3 is 1. The molecule has 0 saturated heterocycles. The van der Waals surface area contributed by atoms with Gasteiger partial charge in [-0.2, -0.15) is 0 Å². The summed E-state index contributed by atoms with van der Waals surface area (Å²) in [5, 5.41) is 2.91. The van der Waals surface area contributed by atoms with Crippen molar-refractivity contribution in [3.8, 4) is 11.5 Å². The van der Waals surface area contributed by atoms with Crippen molar-refractivity contribution in [2.24, 2.45) is 0 Å². The van der Waals surface area contributed by atoms with Crippen LogP contribution in [0.25, 0.3) is 0 Å². The van der Waals surface area contributed by atoms with Crippen molar-refractivity contribution in [2.75, 3.05) is 39.9 Å². The molecule has 0 saturated carbocycles. The minimum Gasteiger partial charge on any atom is -0.497 e. The summed E-state index contributed by atoms with van der Waals surface area (Å²) in [6, 6.07) is 7.33.